The fraction of sp³-hybridized carbons (Fsp3) is 0.600. The summed E-state index contributed by atoms with van der Waals surface area (Å²) < 4.78 is 26.9. The van der Waals surface area contributed by atoms with Crippen molar-refractivity contribution in [1.29, 1.82) is 0 Å². The molecule has 1 fully saturated rings. The highest BCUT2D eigenvalue weighted by atomic mass is 32.2. The monoisotopic (exact) mass is 297 g/mol. The van der Waals surface area contributed by atoms with Crippen molar-refractivity contribution in [3.63, 3.8) is 0 Å². The van der Waals surface area contributed by atoms with Crippen LogP contribution in [-0.4, -0.2) is 30.9 Å². The van der Waals surface area contributed by atoms with E-state index in [1.807, 2.05) is 0 Å². The molecule has 2 atom stereocenters. The molecule has 0 aromatic heterocycles. The Kier molecular flexibility index (Phi) is 4.83. The Labute approximate surface area is 121 Å². The number of rotatable bonds is 4. The Balaban J connectivity index is 2.28. The van der Waals surface area contributed by atoms with Crippen molar-refractivity contribution in [2.75, 3.05) is 13.1 Å². The fourth-order valence-corrected chi connectivity index (χ4v) is 4.27. The first-order valence-electron chi connectivity index (χ1n) is 7.23. The molecule has 5 heteroatoms. The van der Waals surface area contributed by atoms with Crippen LogP contribution in [0.4, 0.5) is 0 Å². The van der Waals surface area contributed by atoms with E-state index in [9.17, 15) is 13.5 Å². The van der Waals surface area contributed by atoms with Crippen LogP contribution in [0.2, 0.25) is 0 Å². The smallest absolute Gasteiger partial charge is 0.243 e. The number of piperidine rings is 1. The Morgan fingerprint density at radius 2 is 2.20 bits per heavy atom. The summed E-state index contributed by atoms with van der Waals surface area (Å²) in [6.45, 7) is 4.95. The topological polar surface area (TPSA) is 57.6 Å². The first kappa shape index (κ1) is 15.5. The van der Waals surface area contributed by atoms with E-state index in [0.717, 1.165) is 19.3 Å². The van der Waals surface area contributed by atoms with Gasteiger partial charge >= 0.3 is 0 Å². The molecule has 1 aromatic carbocycles. The molecule has 0 aliphatic carbocycles. The highest BCUT2D eigenvalue weighted by Crippen LogP contribution is 2.26. The third-order valence-corrected chi connectivity index (χ3v) is 5.90. The molecule has 0 bridgehead atoms. The molecule has 2 unspecified atom stereocenters. The van der Waals surface area contributed by atoms with E-state index in [1.165, 1.54) is 0 Å². The van der Waals surface area contributed by atoms with Crippen molar-refractivity contribution >= 4 is 10.0 Å². The Morgan fingerprint density at radius 1 is 1.45 bits per heavy atom. The lowest BCUT2D eigenvalue weighted by Crippen LogP contribution is -2.39. The third kappa shape index (κ3) is 3.22. The van der Waals surface area contributed by atoms with Crippen LogP contribution < -0.4 is 0 Å². The maximum atomic E-state index is 12.7. The van der Waals surface area contributed by atoms with Crippen molar-refractivity contribution in [1.82, 2.24) is 4.31 Å². The number of sulfonamides is 1. The lowest BCUT2D eigenvalue weighted by Gasteiger charge is -2.31. The van der Waals surface area contributed by atoms with Crippen LogP contribution in [0.3, 0.4) is 0 Å². The van der Waals surface area contributed by atoms with E-state index >= 15 is 0 Å². The van der Waals surface area contributed by atoms with E-state index in [1.54, 1.807) is 35.5 Å². The molecule has 4 nitrogen and oxygen atoms in total. The average molecular weight is 297 g/mol. The van der Waals surface area contributed by atoms with E-state index in [2.05, 4.69) is 6.92 Å². The minimum Gasteiger partial charge on any atom is -0.389 e. The summed E-state index contributed by atoms with van der Waals surface area (Å²) in [5.74, 6) is 0.457. The molecule has 0 saturated carbocycles. The summed E-state index contributed by atoms with van der Waals surface area (Å²) in [5, 5.41) is 9.60. The van der Waals surface area contributed by atoms with Crippen LogP contribution in [0, 0.1) is 5.92 Å². The summed E-state index contributed by atoms with van der Waals surface area (Å²) in [5.41, 5.74) is 0.634. The van der Waals surface area contributed by atoms with Gasteiger partial charge in [-0.05, 0) is 43.4 Å². The van der Waals surface area contributed by atoms with Gasteiger partial charge in [-0.1, -0.05) is 25.5 Å². The molecule has 2 rings (SSSR count). The van der Waals surface area contributed by atoms with Gasteiger partial charge in [-0.15, -0.1) is 0 Å². The predicted octanol–water partition coefficient (Wildman–Crippen LogP) is 2.55. The van der Waals surface area contributed by atoms with Crippen molar-refractivity contribution in [3.8, 4) is 0 Å². The highest BCUT2D eigenvalue weighted by molar-refractivity contribution is 7.89. The SMILES string of the molecule is CCC1CCCN(S(=O)(=O)c2cccc(C(C)O)c2)C1. The molecule has 1 aromatic rings. The van der Waals surface area contributed by atoms with Crippen LogP contribution in [0.15, 0.2) is 29.2 Å². The molecule has 1 saturated heterocycles. The summed E-state index contributed by atoms with van der Waals surface area (Å²) in [6.07, 6.45) is 2.39. The minimum atomic E-state index is -3.44. The minimum absolute atomic E-state index is 0.285. The molecule has 0 spiro atoms. The molecule has 1 N–H and O–H groups in total. The van der Waals surface area contributed by atoms with Gasteiger partial charge in [0.15, 0.2) is 0 Å². The van der Waals surface area contributed by atoms with E-state index in [-0.39, 0.29) is 4.90 Å². The van der Waals surface area contributed by atoms with Crippen molar-refractivity contribution in [3.05, 3.63) is 29.8 Å². The number of hydrogen-bond donors (Lipinski definition) is 1. The van der Waals surface area contributed by atoms with Gasteiger partial charge in [-0.3, -0.25) is 0 Å². The van der Waals surface area contributed by atoms with Crippen molar-refractivity contribution in [2.24, 2.45) is 5.92 Å². The molecule has 1 aliphatic heterocycles. The molecular formula is C15H23NO3S. The van der Waals surface area contributed by atoms with Gasteiger partial charge in [0.2, 0.25) is 10.0 Å². The van der Waals surface area contributed by atoms with Crippen LogP contribution in [0.5, 0.6) is 0 Å². The zero-order valence-corrected chi connectivity index (χ0v) is 12.9. The number of aliphatic hydroxyl groups excluding tert-OH is 1. The van der Waals surface area contributed by atoms with Gasteiger partial charge in [-0.2, -0.15) is 4.31 Å². The van der Waals surface area contributed by atoms with Crippen LogP contribution in [0.25, 0.3) is 0 Å². The molecule has 1 heterocycles. The lowest BCUT2D eigenvalue weighted by atomic mass is 9.97. The molecule has 1 aliphatic rings. The summed E-state index contributed by atoms with van der Waals surface area (Å²) in [4.78, 5) is 0.285. The molecular weight excluding hydrogens is 274 g/mol. The number of benzene rings is 1. The normalized spacial score (nSPS) is 22.6. The van der Waals surface area contributed by atoms with Gasteiger partial charge in [0.05, 0.1) is 11.0 Å². The molecule has 0 amide bonds. The number of aliphatic hydroxyl groups is 1. The standard InChI is InChI=1S/C15H23NO3S/c1-3-13-6-5-9-16(11-13)20(18,19)15-8-4-7-14(10-15)12(2)17/h4,7-8,10,12-13,17H,3,5-6,9,11H2,1-2H3. The Hall–Kier alpha value is -0.910. The van der Waals surface area contributed by atoms with E-state index in [0.29, 0.717) is 24.6 Å². The average Bonchev–Trinajstić information content (AvgIpc) is 2.47. The quantitative estimate of drug-likeness (QED) is 0.929. The maximum Gasteiger partial charge on any atom is 0.243 e. The maximum absolute atomic E-state index is 12.7. The van der Waals surface area contributed by atoms with Gasteiger partial charge in [0, 0.05) is 13.1 Å². The molecule has 20 heavy (non-hydrogen) atoms. The van der Waals surface area contributed by atoms with Crippen LogP contribution >= 0.6 is 0 Å². The summed E-state index contributed by atoms with van der Waals surface area (Å²) in [6, 6.07) is 6.62. The van der Waals surface area contributed by atoms with Gasteiger partial charge in [-0.25, -0.2) is 8.42 Å². The van der Waals surface area contributed by atoms with Crippen molar-refractivity contribution in [2.45, 2.75) is 44.1 Å². The van der Waals surface area contributed by atoms with Crippen LogP contribution in [-0.2, 0) is 10.0 Å². The summed E-state index contributed by atoms with van der Waals surface area (Å²) >= 11 is 0. The third-order valence-electron chi connectivity index (χ3n) is 4.04. The van der Waals surface area contributed by atoms with Gasteiger partial charge in [0.25, 0.3) is 0 Å². The summed E-state index contributed by atoms with van der Waals surface area (Å²) in [7, 11) is -3.44. The first-order valence-corrected chi connectivity index (χ1v) is 8.67. The van der Waals surface area contributed by atoms with E-state index < -0.39 is 16.1 Å². The van der Waals surface area contributed by atoms with Crippen LogP contribution in [0.1, 0.15) is 44.8 Å². The first-order chi connectivity index (χ1) is 9.45. The zero-order valence-electron chi connectivity index (χ0n) is 12.1. The second kappa shape index (κ2) is 6.24. The Bertz CT molecular complexity index is 554. The fourth-order valence-electron chi connectivity index (χ4n) is 2.66. The Morgan fingerprint density at radius 3 is 2.85 bits per heavy atom. The second-order valence-electron chi connectivity index (χ2n) is 5.53. The van der Waals surface area contributed by atoms with E-state index in [4.69, 9.17) is 0 Å². The second-order valence-corrected chi connectivity index (χ2v) is 7.47. The number of nitrogens with zero attached hydrogens (tertiary/aromatic N) is 1. The molecule has 0 radical (unpaired) electrons. The molecule has 112 valence electrons. The number of hydrogen-bond acceptors (Lipinski definition) is 3. The predicted molar refractivity (Wildman–Crippen MR) is 78.8 cm³/mol. The lowest BCUT2D eigenvalue weighted by molar-refractivity contribution is 0.199. The van der Waals surface area contributed by atoms with Gasteiger partial charge < -0.3 is 5.11 Å². The van der Waals surface area contributed by atoms with Gasteiger partial charge in [0.1, 0.15) is 0 Å². The van der Waals surface area contributed by atoms with Crippen molar-refractivity contribution < 1.29 is 13.5 Å². The highest BCUT2D eigenvalue weighted by Gasteiger charge is 2.29. The largest absolute Gasteiger partial charge is 0.389 e. The zero-order chi connectivity index (χ0) is 14.8.